The van der Waals surface area contributed by atoms with Gasteiger partial charge in [-0.15, -0.1) is 13.2 Å². The molecule has 0 atom stereocenters. The summed E-state index contributed by atoms with van der Waals surface area (Å²) in [6, 6.07) is 13.6. The van der Waals surface area contributed by atoms with E-state index in [2.05, 4.69) is 9.84 Å². The Morgan fingerprint density at radius 3 is 2.40 bits per heavy atom. The maximum atomic E-state index is 12.4. The van der Waals surface area contributed by atoms with Gasteiger partial charge >= 0.3 is 17.7 Å². The molecule has 1 N–H and O–H groups in total. The third-order valence-electron chi connectivity index (χ3n) is 3.37. The number of H-pyrrole nitrogens is 1. The maximum absolute atomic E-state index is 12.4. The van der Waals surface area contributed by atoms with Gasteiger partial charge in [-0.2, -0.15) is 0 Å². The summed E-state index contributed by atoms with van der Waals surface area (Å²) in [5, 5.41) is 2.31. The molecule has 0 aliphatic heterocycles. The predicted octanol–water partition coefficient (Wildman–Crippen LogP) is 2.27. The first kappa shape index (κ1) is 16.6. The van der Waals surface area contributed by atoms with Gasteiger partial charge in [0.25, 0.3) is 0 Å². The molecule has 9 heteroatoms. The van der Waals surface area contributed by atoms with Gasteiger partial charge in [-0.05, 0) is 17.7 Å². The Bertz CT molecular complexity index is 987. The number of halogens is 3. The number of nitrogens with zero attached hydrogens (tertiary/aromatic N) is 2. The van der Waals surface area contributed by atoms with Crippen molar-refractivity contribution in [1.82, 2.24) is 14.3 Å². The standard InChI is InChI=1S/C16H12F3N3O3/c17-16(18,19)25-13-8-4-7-12(9-13)22-15(24)21(14(23)20-22)10-11-5-2-1-3-6-11/h1-9H,10H2,(H,20,23). The number of alkyl halides is 3. The molecule has 1 aromatic heterocycles. The lowest BCUT2D eigenvalue weighted by Gasteiger charge is -2.09. The van der Waals surface area contributed by atoms with Crippen LogP contribution in [-0.4, -0.2) is 20.7 Å². The van der Waals surface area contributed by atoms with Crippen LogP contribution in [0.1, 0.15) is 5.56 Å². The normalized spacial score (nSPS) is 11.5. The Morgan fingerprint density at radius 1 is 1.00 bits per heavy atom. The lowest BCUT2D eigenvalue weighted by Crippen LogP contribution is -2.29. The molecule has 3 rings (SSSR count). The summed E-state index contributed by atoms with van der Waals surface area (Å²) in [5.41, 5.74) is -0.577. The summed E-state index contributed by atoms with van der Waals surface area (Å²) < 4.78 is 42.6. The highest BCUT2D eigenvalue weighted by Gasteiger charge is 2.31. The Balaban J connectivity index is 1.97. The van der Waals surface area contributed by atoms with Crippen LogP contribution in [0.2, 0.25) is 0 Å². The second-order valence-electron chi connectivity index (χ2n) is 5.15. The minimum atomic E-state index is -4.85. The van der Waals surface area contributed by atoms with Crippen molar-refractivity contribution in [2.24, 2.45) is 0 Å². The Labute approximate surface area is 138 Å². The zero-order valence-corrected chi connectivity index (χ0v) is 12.7. The molecule has 0 spiro atoms. The van der Waals surface area contributed by atoms with Gasteiger partial charge in [0, 0.05) is 6.07 Å². The van der Waals surface area contributed by atoms with Gasteiger partial charge in [-0.25, -0.2) is 23.9 Å². The van der Waals surface area contributed by atoms with E-state index in [0.29, 0.717) is 0 Å². The van der Waals surface area contributed by atoms with Gasteiger partial charge in [-0.3, -0.25) is 0 Å². The molecule has 2 aromatic carbocycles. The highest BCUT2D eigenvalue weighted by atomic mass is 19.4. The van der Waals surface area contributed by atoms with E-state index in [1.807, 2.05) is 0 Å². The molecule has 1 heterocycles. The first-order valence-corrected chi connectivity index (χ1v) is 7.15. The average Bonchev–Trinajstić information content (AvgIpc) is 2.83. The number of nitrogens with one attached hydrogen (secondary N) is 1. The van der Waals surface area contributed by atoms with Crippen LogP contribution in [0.15, 0.2) is 64.2 Å². The minimum absolute atomic E-state index is 0.0424. The highest BCUT2D eigenvalue weighted by molar-refractivity contribution is 5.38. The Kier molecular flexibility index (Phi) is 4.22. The monoisotopic (exact) mass is 351 g/mol. The molecule has 0 bridgehead atoms. The third kappa shape index (κ3) is 3.82. The first-order chi connectivity index (χ1) is 11.8. The fourth-order valence-corrected chi connectivity index (χ4v) is 2.31. The Hall–Kier alpha value is -3.23. The van der Waals surface area contributed by atoms with Crippen LogP contribution in [0.5, 0.6) is 5.75 Å². The molecule has 0 aliphatic carbocycles. The number of aromatic nitrogens is 3. The van der Waals surface area contributed by atoms with Gasteiger partial charge in [-0.1, -0.05) is 36.4 Å². The van der Waals surface area contributed by atoms with Crippen molar-refractivity contribution in [3.8, 4) is 11.4 Å². The van der Waals surface area contributed by atoms with Crippen molar-refractivity contribution in [2.45, 2.75) is 12.9 Å². The molecule has 6 nitrogen and oxygen atoms in total. The van der Waals surface area contributed by atoms with Crippen LogP contribution < -0.4 is 16.1 Å². The first-order valence-electron chi connectivity index (χ1n) is 7.15. The second kappa shape index (κ2) is 6.34. The van der Waals surface area contributed by atoms with Gasteiger partial charge in [0.05, 0.1) is 12.2 Å². The van der Waals surface area contributed by atoms with E-state index in [0.717, 1.165) is 26.9 Å². The van der Waals surface area contributed by atoms with Crippen molar-refractivity contribution in [1.29, 1.82) is 0 Å². The topological polar surface area (TPSA) is 69.0 Å². The lowest BCUT2D eigenvalue weighted by atomic mass is 10.2. The van der Waals surface area contributed by atoms with E-state index >= 15 is 0 Å². The minimum Gasteiger partial charge on any atom is -0.406 e. The highest BCUT2D eigenvalue weighted by Crippen LogP contribution is 2.23. The molecule has 0 saturated carbocycles. The summed E-state index contributed by atoms with van der Waals surface area (Å²) in [4.78, 5) is 24.5. The number of aromatic amines is 1. The lowest BCUT2D eigenvalue weighted by molar-refractivity contribution is -0.274. The smallest absolute Gasteiger partial charge is 0.406 e. The number of ether oxygens (including phenoxy) is 1. The van der Waals surface area contributed by atoms with Crippen molar-refractivity contribution < 1.29 is 17.9 Å². The number of hydrogen-bond donors (Lipinski definition) is 1. The molecule has 0 saturated heterocycles. The molecule has 3 aromatic rings. The van der Waals surface area contributed by atoms with Crippen LogP contribution in [0.3, 0.4) is 0 Å². The largest absolute Gasteiger partial charge is 0.573 e. The van der Waals surface area contributed by atoms with E-state index in [-0.39, 0.29) is 12.2 Å². The van der Waals surface area contributed by atoms with Crippen molar-refractivity contribution in [3.63, 3.8) is 0 Å². The van der Waals surface area contributed by atoms with E-state index in [4.69, 9.17) is 0 Å². The molecular formula is C16H12F3N3O3. The molecule has 0 radical (unpaired) electrons. The van der Waals surface area contributed by atoms with E-state index in [9.17, 15) is 22.8 Å². The van der Waals surface area contributed by atoms with E-state index in [1.54, 1.807) is 30.3 Å². The zero-order valence-electron chi connectivity index (χ0n) is 12.7. The zero-order chi connectivity index (χ0) is 18.0. The predicted molar refractivity (Wildman–Crippen MR) is 82.9 cm³/mol. The third-order valence-corrected chi connectivity index (χ3v) is 3.37. The molecule has 0 amide bonds. The van der Waals surface area contributed by atoms with Crippen LogP contribution in [0.4, 0.5) is 13.2 Å². The molecule has 0 unspecified atom stereocenters. The SMILES string of the molecule is O=c1[nH]n(-c2cccc(OC(F)(F)F)c2)c(=O)n1Cc1ccccc1. The summed E-state index contributed by atoms with van der Waals surface area (Å²) in [6.07, 6.45) is -4.85. The van der Waals surface area contributed by atoms with Gasteiger partial charge in [0.15, 0.2) is 0 Å². The summed E-state index contributed by atoms with van der Waals surface area (Å²) in [5.74, 6) is -0.492. The van der Waals surface area contributed by atoms with Crippen LogP contribution >= 0.6 is 0 Å². The van der Waals surface area contributed by atoms with Gasteiger partial charge < -0.3 is 4.74 Å². The van der Waals surface area contributed by atoms with Gasteiger partial charge in [0.2, 0.25) is 0 Å². The average molecular weight is 351 g/mol. The quantitative estimate of drug-likeness (QED) is 0.784. The second-order valence-corrected chi connectivity index (χ2v) is 5.15. The van der Waals surface area contributed by atoms with Crippen molar-refractivity contribution in [2.75, 3.05) is 0 Å². The number of rotatable bonds is 4. The Morgan fingerprint density at radius 2 is 1.72 bits per heavy atom. The molecular weight excluding hydrogens is 339 g/mol. The van der Waals surface area contributed by atoms with E-state index in [1.165, 1.54) is 12.1 Å². The number of benzene rings is 2. The van der Waals surface area contributed by atoms with Crippen LogP contribution in [0, 0.1) is 0 Å². The number of hydrogen-bond acceptors (Lipinski definition) is 3. The van der Waals surface area contributed by atoms with Crippen LogP contribution in [0.25, 0.3) is 5.69 Å². The summed E-state index contributed by atoms with van der Waals surface area (Å²) in [6.45, 7) is 0.0424. The van der Waals surface area contributed by atoms with E-state index < -0.39 is 23.5 Å². The molecule has 25 heavy (non-hydrogen) atoms. The summed E-state index contributed by atoms with van der Waals surface area (Å²) in [7, 11) is 0. The van der Waals surface area contributed by atoms with Gasteiger partial charge in [0.1, 0.15) is 5.75 Å². The van der Waals surface area contributed by atoms with Crippen molar-refractivity contribution >= 4 is 0 Å². The maximum Gasteiger partial charge on any atom is 0.573 e. The molecule has 0 aliphatic rings. The van der Waals surface area contributed by atoms with Crippen LogP contribution in [-0.2, 0) is 6.54 Å². The van der Waals surface area contributed by atoms with Crippen molar-refractivity contribution in [3.05, 3.63) is 81.1 Å². The fraction of sp³-hybridized carbons (Fsp3) is 0.125. The fourth-order valence-electron chi connectivity index (χ4n) is 2.31. The molecule has 130 valence electrons. The molecule has 0 fully saturated rings. The summed E-state index contributed by atoms with van der Waals surface area (Å²) >= 11 is 0.